The van der Waals surface area contributed by atoms with Crippen molar-refractivity contribution >= 4 is 9.84 Å². The summed E-state index contributed by atoms with van der Waals surface area (Å²) >= 11 is 0. The molecule has 0 radical (unpaired) electrons. The molecule has 0 aromatic heterocycles. The van der Waals surface area contributed by atoms with Crippen molar-refractivity contribution in [3.63, 3.8) is 0 Å². The number of nitrogens with two attached hydrogens (primary N) is 1. The van der Waals surface area contributed by atoms with Crippen LogP contribution in [-0.4, -0.2) is 26.5 Å². The molecule has 0 spiro atoms. The van der Waals surface area contributed by atoms with Crippen LogP contribution in [0.25, 0.3) is 0 Å². The molecule has 0 fully saturated rings. The zero-order chi connectivity index (χ0) is 14.1. The molecule has 102 valence electrons. The molecular formula is C13H21NO3S. The number of hydrogen-bond donors (Lipinski definition) is 1. The summed E-state index contributed by atoms with van der Waals surface area (Å²) in [5, 5.41) is 0. The molecule has 0 bridgehead atoms. The summed E-state index contributed by atoms with van der Waals surface area (Å²) in [6.07, 6.45) is 1.21. The fourth-order valence-corrected chi connectivity index (χ4v) is 2.32. The van der Waals surface area contributed by atoms with Crippen LogP contribution in [0.2, 0.25) is 0 Å². The fraction of sp³-hybridized carbons (Fsp3) is 0.538. The summed E-state index contributed by atoms with van der Waals surface area (Å²) in [5.74, 6) is 0.767. The zero-order valence-corrected chi connectivity index (χ0v) is 12.3. The second-order valence-electron chi connectivity index (χ2n) is 5.08. The van der Waals surface area contributed by atoms with E-state index in [-0.39, 0.29) is 0 Å². The van der Waals surface area contributed by atoms with Crippen LogP contribution in [0.1, 0.15) is 31.0 Å². The summed E-state index contributed by atoms with van der Waals surface area (Å²) in [6, 6.07) is 4.92. The third-order valence-electron chi connectivity index (χ3n) is 3.48. The Labute approximate surface area is 109 Å². The van der Waals surface area contributed by atoms with E-state index >= 15 is 0 Å². The second-order valence-corrected chi connectivity index (χ2v) is 7.68. The van der Waals surface area contributed by atoms with Gasteiger partial charge in [0.15, 0.2) is 9.84 Å². The molecule has 2 N–H and O–H groups in total. The molecule has 0 aliphatic rings. The lowest BCUT2D eigenvalue weighted by Crippen LogP contribution is -2.42. The third-order valence-corrected chi connectivity index (χ3v) is 5.65. The van der Waals surface area contributed by atoms with Gasteiger partial charge in [-0.1, -0.05) is 12.1 Å². The van der Waals surface area contributed by atoms with Gasteiger partial charge in [-0.05, 0) is 38.0 Å². The number of sulfone groups is 1. The highest BCUT2D eigenvalue weighted by Crippen LogP contribution is 2.32. The predicted molar refractivity (Wildman–Crippen MR) is 73.6 cm³/mol. The molecule has 0 aliphatic heterocycles. The first kappa shape index (κ1) is 15.0. The Balaban J connectivity index is 3.20. The van der Waals surface area contributed by atoms with E-state index in [1.807, 2.05) is 25.1 Å². The third kappa shape index (κ3) is 2.67. The van der Waals surface area contributed by atoms with Crippen LogP contribution in [0, 0.1) is 6.92 Å². The first-order chi connectivity index (χ1) is 8.11. The predicted octanol–water partition coefficient (Wildman–Crippen LogP) is 1.83. The monoisotopic (exact) mass is 271 g/mol. The van der Waals surface area contributed by atoms with Crippen molar-refractivity contribution < 1.29 is 13.2 Å². The molecule has 1 unspecified atom stereocenters. The van der Waals surface area contributed by atoms with Crippen molar-refractivity contribution in [3.8, 4) is 5.75 Å². The normalized spacial score (nSPS) is 14.3. The molecule has 0 heterocycles. The lowest BCUT2D eigenvalue weighted by molar-refractivity contribution is 0.411. The summed E-state index contributed by atoms with van der Waals surface area (Å²) in [6.45, 7) is 5.20. The summed E-state index contributed by atoms with van der Waals surface area (Å²) in [5.41, 5.74) is 7.83. The topological polar surface area (TPSA) is 69.4 Å². The SMILES string of the molecule is COc1ccc(C(N)C(C)(C)S(C)(=O)=O)cc1C. The number of aryl methyl sites for hydroxylation is 1. The van der Waals surface area contributed by atoms with Gasteiger partial charge in [-0.2, -0.15) is 0 Å². The quantitative estimate of drug-likeness (QED) is 0.907. The smallest absolute Gasteiger partial charge is 0.154 e. The zero-order valence-electron chi connectivity index (χ0n) is 11.5. The minimum atomic E-state index is -3.23. The number of ether oxygens (including phenoxy) is 1. The van der Waals surface area contributed by atoms with Crippen LogP contribution < -0.4 is 10.5 Å². The minimum absolute atomic E-state index is 0.572. The van der Waals surface area contributed by atoms with E-state index in [1.54, 1.807) is 21.0 Å². The molecule has 0 amide bonds. The molecule has 0 saturated heterocycles. The largest absolute Gasteiger partial charge is 0.496 e. The van der Waals surface area contributed by atoms with Crippen LogP contribution in [0.4, 0.5) is 0 Å². The second kappa shape index (κ2) is 4.90. The highest BCUT2D eigenvalue weighted by Gasteiger charge is 2.37. The van der Waals surface area contributed by atoms with Gasteiger partial charge < -0.3 is 10.5 Å². The van der Waals surface area contributed by atoms with Gasteiger partial charge in [0.25, 0.3) is 0 Å². The van der Waals surface area contributed by atoms with Gasteiger partial charge in [0.2, 0.25) is 0 Å². The highest BCUT2D eigenvalue weighted by atomic mass is 32.2. The Morgan fingerprint density at radius 1 is 1.33 bits per heavy atom. The first-order valence-electron chi connectivity index (χ1n) is 5.71. The van der Waals surface area contributed by atoms with Gasteiger partial charge >= 0.3 is 0 Å². The molecule has 18 heavy (non-hydrogen) atoms. The van der Waals surface area contributed by atoms with Gasteiger partial charge in [0, 0.05) is 12.3 Å². The molecule has 1 aromatic rings. The fourth-order valence-electron chi connectivity index (χ4n) is 1.73. The van der Waals surface area contributed by atoms with Crippen LogP contribution in [-0.2, 0) is 9.84 Å². The van der Waals surface area contributed by atoms with E-state index in [9.17, 15) is 8.42 Å². The Morgan fingerprint density at radius 2 is 1.89 bits per heavy atom. The molecule has 0 saturated carbocycles. The van der Waals surface area contributed by atoms with Crippen LogP contribution in [0.3, 0.4) is 0 Å². The van der Waals surface area contributed by atoms with E-state index in [0.717, 1.165) is 16.9 Å². The van der Waals surface area contributed by atoms with E-state index in [4.69, 9.17) is 10.5 Å². The highest BCUT2D eigenvalue weighted by molar-refractivity contribution is 7.92. The van der Waals surface area contributed by atoms with E-state index in [2.05, 4.69) is 0 Å². The molecule has 5 heteroatoms. The number of rotatable bonds is 4. The summed E-state index contributed by atoms with van der Waals surface area (Å²) in [7, 11) is -1.63. The van der Waals surface area contributed by atoms with Gasteiger partial charge in [-0.25, -0.2) is 8.42 Å². The lowest BCUT2D eigenvalue weighted by atomic mass is 9.95. The van der Waals surface area contributed by atoms with Crippen LogP contribution >= 0.6 is 0 Å². The maximum Gasteiger partial charge on any atom is 0.154 e. The molecule has 1 aromatic carbocycles. The molecule has 1 rings (SSSR count). The van der Waals surface area contributed by atoms with E-state index in [0.29, 0.717) is 0 Å². The Kier molecular flexibility index (Phi) is 4.08. The van der Waals surface area contributed by atoms with Gasteiger partial charge in [-0.15, -0.1) is 0 Å². The van der Waals surface area contributed by atoms with Gasteiger partial charge in [0.1, 0.15) is 5.75 Å². The van der Waals surface area contributed by atoms with Crippen molar-refractivity contribution in [1.29, 1.82) is 0 Å². The lowest BCUT2D eigenvalue weighted by Gasteiger charge is -2.30. The van der Waals surface area contributed by atoms with Crippen LogP contribution in [0.15, 0.2) is 18.2 Å². The Bertz CT molecular complexity index is 535. The first-order valence-corrected chi connectivity index (χ1v) is 7.60. The molecule has 4 nitrogen and oxygen atoms in total. The van der Waals surface area contributed by atoms with Crippen LogP contribution in [0.5, 0.6) is 5.75 Å². The maximum atomic E-state index is 11.8. The maximum absolute atomic E-state index is 11.8. The Morgan fingerprint density at radius 3 is 2.28 bits per heavy atom. The number of methoxy groups -OCH3 is 1. The van der Waals surface area contributed by atoms with Gasteiger partial charge in [-0.3, -0.25) is 0 Å². The van der Waals surface area contributed by atoms with Crippen molar-refractivity contribution in [2.24, 2.45) is 5.73 Å². The molecular weight excluding hydrogens is 250 g/mol. The average Bonchev–Trinajstić information content (AvgIpc) is 2.26. The van der Waals surface area contributed by atoms with Gasteiger partial charge in [0.05, 0.1) is 11.9 Å². The summed E-state index contributed by atoms with van der Waals surface area (Å²) in [4.78, 5) is 0. The number of hydrogen-bond acceptors (Lipinski definition) is 4. The van der Waals surface area contributed by atoms with Crippen molar-refractivity contribution in [2.45, 2.75) is 31.6 Å². The summed E-state index contributed by atoms with van der Waals surface area (Å²) < 4.78 is 27.7. The Hall–Kier alpha value is -1.07. The molecule has 0 aliphatic carbocycles. The van der Waals surface area contributed by atoms with E-state index in [1.165, 1.54) is 6.26 Å². The standard InChI is InChI=1S/C13H21NO3S/c1-9-8-10(6-7-11(9)17-4)12(14)13(2,3)18(5,15)16/h6-8,12H,14H2,1-5H3. The average molecular weight is 271 g/mol. The minimum Gasteiger partial charge on any atom is -0.496 e. The van der Waals surface area contributed by atoms with E-state index < -0.39 is 20.6 Å². The van der Waals surface area contributed by atoms with Crippen molar-refractivity contribution in [1.82, 2.24) is 0 Å². The number of benzene rings is 1. The van der Waals surface area contributed by atoms with Crippen molar-refractivity contribution in [3.05, 3.63) is 29.3 Å². The molecule has 1 atom stereocenters. The van der Waals surface area contributed by atoms with Crippen molar-refractivity contribution in [2.75, 3.05) is 13.4 Å².